The first-order valence-corrected chi connectivity index (χ1v) is 11.1. The average molecular weight is 437 g/mol. The van der Waals surface area contributed by atoms with Gasteiger partial charge in [-0.05, 0) is 54.5 Å². The summed E-state index contributed by atoms with van der Waals surface area (Å²) in [5, 5.41) is 0. The van der Waals surface area contributed by atoms with E-state index in [0.29, 0.717) is 35.6 Å². The Morgan fingerprint density at radius 1 is 0.875 bits per heavy atom. The van der Waals surface area contributed by atoms with E-state index in [0.717, 1.165) is 24.0 Å². The Morgan fingerprint density at radius 2 is 1.59 bits per heavy atom. The van der Waals surface area contributed by atoms with Crippen LogP contribution in [-0.2, 0) is 11.2 Å². The second kappa shape index (κ2) is 9.74. The number of hydrogen-bond acceptors (Lipinski definition) is 1. The van der Waals surface area contributed by atoms with Crippen molar-refractivity contribution in [1.29, 1.82) is 0 Å². The highest BCUT2D eigenvalue weighted by Crippen LogP contribution is 2.35. The molecule has 4 heteroatoms. The van der Waals surface area contributed by atoms with Gasteiger partial charge in [0.1, 0.15) is 5.82 Å². The van der Waals surface area contributed by atoms with Gasteiger partial charge < -0.3 is 4.74 Å². The molecule has 0 aliphatic carbocycles. The summed E-state index contributed by atoms with van der Waals surface area (Å²) < 4.78 is 49.4. The molecule has 1 heterocycles. The van der Waals surface area contributed by atoms with Crippen molar-refractivity contribution in [3.8, 4) is 22.3 Å². The Bertz CT molecular complexity index is 1110. The largest absolute Gasteiger partial charge is 0.373 e. The highest BCUT2D eigenvalue weighted by Gasteiger charge is 2.24. The molecule has 1 nitrogen and oxygen atoms in total. The highest BCUT2D eigenvalue weighted by molar-refractivity contribution is 5.71. The predicted octanol–water partition coefficient (Wildman–Crippen LogP) is 8.04. The molecule has 0 aromatic heterocycles. The topological polar surface area (TPSA) is 9.23 Å². The number of allylic oxidation sites excluding steroid dienone is 1. The van der Waals surface area contributed by atoms with Crippen LogP contribution in [0.15, 0.2) is 66.7 Å². The summed E-state index contributed by atoms with van der Waals surface area (Å²) in [6.07, 6.45) is 6.15. The third-order valence-electron chi connectivity index (χ3n) is 6.20. The Hall–Kier alpha value is -2.85. The van der Waals surface area contributed by atoms with E-state index >= 15 is 0 Å². The number of aryl methyl sites for hydroxylation is 1. The van der Waals surface area contributed by atoms with Crippen LogP contribution in [0.25, 0.3) is 22.3 Å². The van der Waals surface area contributed by atoms with Crippen molar-refractivity contribution in [3.63, 3.8) is 0 Å². The molecule has 3 aromatic rings. The van der Waals surface area contributed by atoms with Gasteiger partial charge in [-0.3, -0.25) is 0 Å². The molecule has 1 aliphatic rings. The third-order valence-corrected chi connectivity index (χ3v) is 6.20. The molecule has 0 N–H and O–H groups in total. The molecule has 32 heavy (non-hydrogen) atoms. The normalized spacial score (nSPS) is 18.9. The molecule has 1 saturated heterocycles. The average Bonchev–Trinajstić information content (AvgIpc) is 2.82. The van der Waals surface area contributed by atoms with Gasteiger partial charge in [-0.25, -0.2) is 13.2 Å². The first-order valence-electron chi connectivity index (χ1n) is 11.1. The number of rotatable bonds is 5. The van der Waals surface area contributed by atoms with Gasteiger partial charge >= 0.3 is 0 Å². The molecular formula is C28H27F3O. The standard InChI is InChI=1S/C28H27F3O/c1-3-5-18-6-15-26(32-17-18)24-14-12-22(16-25(24)29)20-7-9-21(10-8-20)23-13-11-19(4-2)27(30)28(23)31/h3,5,7-14,16,18,26H,4,6,15,17H2,1-2H3. The van der Waals surface area contributed by atoms with Gasteiger partial charge in [0.15, 0.2) is 11.6 Å². The molecule has 2 unspecified atom stereocenters. The van der Waals surface area contributed by atoms with Crippen LogP contribution in [0.2, 0.25) is 0 Å². The van der Waals surface area contributed by atoms with E-state index in [9.17, 15) is 13.2 Å². The van der Waals surface area contributed by atoms with E-state index in [1.807, 2.05) is 19.1 Å². The number of hydrogen-bond donors (Lipinski definition) is 0. The van der Waals surface area contributed by atoms with Crippen LogP contribution in [0.1, 0.15) is 43.9 Å². The summed E-state index contributed by atoms with van der Waals surface area (Å²) in [4.78, 5) is 0. The van der Waals surface area contributed by atoms with E-state index in [1.165, 1.54) is 6.07 Å². The Morgan fingerprint density at radius 3 is 2.22 bits per heavy atom. The SMILES string of the molecule is CC=CC1CCC(c2ccc(-c3ccc(-c4ccc(CC)c(F)c4F)cc3)cc2F)OC1. The van der Waals surface area contributed by atoms with Crippen molar-refractivity contribution in [2.24, 2.45) is 5.92 Å². The summed E-state index contributed by atoms with van der Waals surface area (Å²) in [6, 6.07) is 15.5. The highest BCUT2D eigenvalue weighted by atomic mass is 19.2. The van der Waals surface area contributed by atoms with Gasteiger partial charge in [0, 0.05) is 17.0 Å². The fraction of sp³-hybridized carbons (Fsp3) is 0.286. The van der Waals surface area contributed by atoms with Crippen LogP contribution >= 0.6 is 0 Å². The van der Waals surface area contributed by atoms with E-state index in [1.54, 1.807) is 49.4 Å². The summed E-state index contributed by atoms with van der Waals surface area (Å²) >= 11 is 0. The van der Waals surface area contributed by atoms with Crippen LogP contribution in [0, 0.1) is 23.4 Å². The maximum absolute atomic E-state index is 14.9. The Kier molecular flexibility index (Phi) is 6.80. The number of benzene rings is 3. The summed E-state index contributed by atoms with van der Waals surface area (Å²) in [5.74, 6) is -1.52. The minimum Gasteiger partial charge on any atom is -0.373 e. The molecule has 166 valence electrons. The van der Waals surface area contributed by atoms with Crippen LogP contribution in [0.5, 0.6) is 0 Å². The summed E-state index contributed by atoms with van der Waals surface area (Å²) in [5.41, 5.74) is 3.28. The lowest BCUT2D eigenvalue weighted by molar-refractivity contribution is -0.00711. The van der Waals surface area contributed by atoms with Crippen molar-refractivity contribution >= 4 is 0 Å². The summed E-state index contributed by atoms with van der Waals surface area (Å²) in [7, 11) is 0. The maximum Gasteiger partial charge on any atom is 0.166 e. The van der Waals surface area contributed by atoms with Gasteiger partial charge in [-0.15, -0.1) is 0 Å². The predicted molar refractivity (Wildman–Crippen MR) is 123 cm³/mol. The lowest BCUT2D eigenvalue weighted by Gasteiger charge is -2.28. The smallest absolute Gasteiger partial charge is 0.166 e. The van der Waals surface area contributed by atoms with Crippen molar-refractivity contribution in [3.05, 3.63) is 95.3 Å². The van der Waals surface area contributed by atoms with Crippen molar-refractivity contribution in [1.82, 2.24) is 0 Å². The summed E-state index contributed by atoms with van der Waals surface area (Å²) in [6.45, 7) is 4.39. The number of ether oxygens (including phenoxy) is 1. The molecular weight excluding hydrogens is 409 g/mol. The fourth-order valence-electron chi connectivity index (χ4n) is 4.34. The first kappa shape index (κ1) is 22.3. The van der Waals surface area contributed by atoms with Crippen LogP contribution in [0.4, 0.5) is 13.2 Å². The van der Waals surface area contributed by atoms with Gasteiger partial charge in [-0.2, -0.15) is 0 Å². The zero-order valence-corrected chi connectivity index (χ0v) is 18.4. The van der Waals surface area contributed by atoms with Crippen LogP contribution in [0.3, 0.4) is 0 Å². The second-order valence-electron chi connectivity index (χ2n) is 8.25. The van der Waals surface area contributed by atoms with E-state index in [4.69, 9.17) is 4.74 Å². The van der Waals surface area contributed by atoms with Crippen molar-refractivity contribution < 1.29 is 17.9 Å². The quantitative estimate of drug-likeness (QED) is 0.368. The number of halogens is 3. The lowest BCUT2D eigenvalue weighted by Crippen LogP contribution is -2.20. The molecule has 1 aliphatic heterocycles. The molecule has 0 radical (unpaired) electrons. The minimum atomic E-state index is -0.836. The van der Waals surface area contributed by atoms with Gasteiger partial charge in [0.05, 0.1) is 12.7 Å². The molecule has 0 saturated carbocycles. The molecule has 4 rings (SSSR count). The monoisotopic (exact) mass is 436 g/mol. The zero-order valence-electron chi connectivity index (χ0n) is 18.4. The van der Waals surface area contributed by atoms with Crippen molar-refractivity contribution in [2.75, 3.05) is 6.61 Å². The van der Waals surface area contributed by atoms with E-state index < -0.39 is 11.6 Å². The molecule has 3 aromatic carbocycles. The Balaban J connectivity index is 1.53. The van der Waals surface area contributed by atoms with E-state index in [-0.39, 0.29) is 17.5 Å². The first-order chi connectivity index (χ1) is 15.5. The van der Waals surface area contributed by atoms with E-state index in [2.05, 4.69) is 6.08 Å². The lowest BCUT2D eigenvalue weighted by atomic mass is 9.92. The maximum atomic E-state index is 14.9. The molecule has 0 spiro atoms. The second-order valence-corrected chi connectivity index (χ2v) is 8.25. The molecule has 0 bridgehead atoms. The van der Waals surface area contributed by atoms with Gasteiger partial charge in [-0.1, -0.05) is 67.6 Å². The van der Waals surface area contributed by atoms with Gasteiger partial charge in [0.2, 0.25) is 0 Å². The van der Waals surface area contributed by atoms with Crippen LogP contribution in [-0.4, -0.2) is 6.61 Å². The minimum absolute atomic E-state index is 0.221. The molecule has 0 amide bonds. The van der Waals surface area contributed by atoms with Crippen molar-refractivity contribution in [2.45, 2.75) is 39.2 Å². The molecule has 2 atom stereocenters. The fourth-order valence-corrected chi connectivity index (χ4v) is 4.34. The van der Waals surface area contributed by atoms with Gasteiger partial charge in [0.25, 0.3) is 0 Å². The third kappa shape index (κ3) is 4.51. The Labute approximate surface area is 187 Å². The zero-order chi connectivity index (χ0) is 22.7. The van der Waals surface area contributed by atoms with Crippen LogP contribution < -0.4 is 0 Å². The molecule has 1 fully saturated rings.